The van der Waals surface area contributed by atoms with Crippen molar-refractivity contribution < 1.29 is 13.2 Å². The predicted octanol–water partition coefficient (Wildman–Crippen LogP) is 4.37. The van der Waals surface area contributed by atoms with Crippen LogP contribution in [0.2, 0.25) is 10.0 Å². The molecular formula is C12H6Cl2F3NO. The third kappa shape index (κ3) is 2.93. The first-order chi connectivity index (χ1) is 8.79. The van der Waals surface area contributed by atoms with Crippen molar-refractivity contribution in [1.29, 1.82) is 0 Å². The summed E-state index contributed by atoms with van der Waals surface area (Å²) >= 11 is 11.5. The van der Waals surface area contributed by atoms with Gasteiger partial charge < -0.3 is 4.98 Å². The molecule has 0 fully saturated rings. The number of H-pyrrole nitrogens is 1. The molecule has 1 N–H and O–H groups in total. The lowest BCUT2D eigenvalue weighted by Gasteiger charge is -2.12. The summed E-state index contributed by atoms with van der Waals surface area (Å²) < 4.78 is 38.6. The maximum Gasteiger partial charge on any atom is 0.418 e. The molecule has 0 saturated carbocycles. The van der Waals surface area contributed by atoms with E-state index < -0.39 is 17.3 Å². The van der Waals surface area contributed by atoms with Crippen LogP contribution in [0.1, 0.15) is 5.56 Å². The average molecular weight is 308 g/mol. The van der Waals surface area contributed by atoms with E-state index >= 15 is 0 Å². The summed E-state index contributed by atoms with van der Waals surface area (Å²) in [6, 6.07) is 4.91. The van der Waals surface area contributed by atoms with E-state index in [0.29, 0.717) is 6.20 Å². The molecule has 100 valence electrons. The molecule has 2 nitrogen and oxygen atoms in total. The van der Waals surface area contributed by atoms with Crippen LogP contribution in [0.4, 0.5) is 13.2 Å². The summed E-state index contributed by atoms with van der Waals surface area (Å²) in [5, 5.41) is 0.344. The van der Waals surface area contributed by atoms with E-state index in [1.54, 1.807) is 0 Å². The number of alkyl halides is 3. The van der Waals surface area contributed by atoms with Gasteiger partial charge in [0.1, 0.15) is 0 Å². The van der Waals surface area contributed by atoms with Gasteiger partial charge in [0, 0.05) is 17.8 Å². The van der Waals surface area contributed by atoms with Gasteiger partial charge in [-0.2, -0.15) is 13.2 Å². The van der Waals surface area contributed by atoms with Crippen LogP contribution in [-0.4, -0.2) is 4.98 Å². The quantitative estimate of drug-likeness (QED) is 0.834. The van der Waals surface area contributed by atoms with Gasteiger partial charge in [-0.05, 0) is 17.7 Å². The number of rotatable bonds is 1. The second kappa shape index (κ2) is 4.90. The average Bonchev–Trinajstić information content (AvgIpc) is 2.31. The summed E-state index contributed by atoms with van der Waals surface area (Å²) in [6.45, 7) is 0. The number of pyridine rings is 1. The largest absolute Gasteiger partial charge is 0.418 e. The van der Waals surface area contributed by atoms with Crippen molar-refractivity contribution in [2.75, 3.05) is 0 Å². The number of aromatic nitrogens is 1. The van der Waals surface area contributed by atoms with Gasteiger partial charge in [-0.1, -0.05) is 29.3 Å². The minimum absolute atomic E-state index is 0.118. The summed E-state index contributed by atoms with van der Waals surface area (Å²) in [4.78, 5) is 13.2. The predicted molar refractivity (Wildman–Crippen MR) is 67.5 cm³/mol. The van der Waals surface area contributed by atoms with Crippen molar-refractivity contribution in [2.45, 2.75) is 6.18 Å². The third-order valence-electron chi connectivity index (χ3n) is 2.46. The van der Waals surface area contributed by atoms with Crippen LogP contribution < -0.4 is 5.56 Å². The maximum atomic E-state index is 12.9. The van der Waals surface area contributed by atoms with Crippen molar-refractivity contribution in [1.82, 2.24) is 4.98 Å². The van der Waals surface area contributed by atoms with Gasteiger partial charge in [-0.15, -0.1) is 0 Å². The Balaban J connectivity index is 2.70. The molecule has 1 heterocycles. The molecule has 2 aromatic rings. The summed E-state index contributed by atoms with van der Waals surface area (Å²) in [5.74, 6) is 0. The standard InChI is InChI=1S/C12H6Cl2F3NO/c13-9-2-1-6(3-10(9)14)7-4-11(19)18-5-8(7)12(15,16)17/h1-5H,(H,18,19). The fourth-order valence-corrected chi connectivity index (χ4v) is 1.91. The zero-order chi connectivity index (χ0) is 14.2. The molecule has 0 saturated heterocycles. The van der Waals surface area contributed by atoms with Gasteiger partial charge in [0.2, 0.25) is 5.56 Å². The van der Waals surface area contributed by atoms with Crippen LogP contribution in [0.5, 0.6) is 0 Å². The Kier molecular flexibility index (Phi) is 3.60. The number of hydrogen-bond donors (Lipinski definition) is 1. The normalized spacial score (nSPS) is 11.6. The summed E-state index contributed by atoms with van der Waals surface area (Å²) in [6.07, 6.45) is -3.94. The van der Waals surface area contributed by atoms with E-state index in [2.05, 4.69) is 0 Å². The number of halogens is 5. The van der Waals surface area contributed by atoms with Gasteiger partial charge in [0.25, 0.3) is 0 Å². The van der Waals surface area contributed by atoms with Crippen LogP contribution in [0.15, 0.2) is 35.3 Å². The van der Waals surface area contributed by atoms with E-state index in [9.17, 15) is 18.0 Å². The summed E-state index contributed by atoms with van der Waals surface area (Å²) in [7, 11) is 0. The van der Waals surface area contributed by atoms with E-state index in [1.165, 1.54) is 18.2 Å². The number of benzene rings is 1. The van der Waals surface area contributed by atoms with Gasteiger partial charge in [0.15, 0.2) is 0 Å². The second-order valence-corrected chi connectivity index (χ2v) is 4.57. The minimum Gasteiger partial charge on any atom is -0.328 e. The molecule has 0 bridgehead atoms. The Labute approximate surface area is 115 Å². The highest BCUT2D eigenvalue weighted by atomic mass is 35.5. The second-order valence-electron chi connectivity index (χ2n) is 3.75. The van der Waals surface area contributed by atoms with Crippen LogP contribution in [-0.2, 0) is 6.18 Å². The first-order valence-electron chi connectivity index (χ1n) is 5.04. The highest BCUT2D eigenvalue weighted by Gasteiger charge is 2.34. The molecule has 2 rings (SSSR count). The van der Waals surface area contributed by atoms with E-state index in [0.717, 1.165) is 6.07 Å². The SMILES string of the molecule is O=c1cc(-c2ccc(Cl)c(Cl)c2)c(C(F)(F)F)c[nH]1. The first kappa shape index (κ1) is 14.0. The van der Waals surface area contributed by atoms with E-state index in [4.69, 9.17) is 23.2 Å². The van der Waals surface area contributed by atoms with Crippen molar-refractivity contribution in [2.24, 2.45) is 0 Å². The Morgan fingerprint density at radius 1 is 1.05 bits per heavy atom. The minimum atomic E-state index is -4.58. The molecular weight excluding hydrogens is 302 g/mol. The maximum absolute atomic E-state index is 12.9. The van der Waals surface area contributed by atoms with Crippen LogP contribution >= 0.6 is 23.2 Å². The Morgan fingerprint density at radius 3 is 2.32 bits per heavy atom. The molecule has 0 aliphatic rings. The zero-order valence-electron chi connectivity index (χ0n) is 9.18. The molecule has 7 heteroatoms. The highest BCUT2D eigenvalue weighted by molar-refractivity contribution is 6.42. The van der Waals surface area contributed by atoms with Crippen molar-refractivity contribution in [3.63, 3.8) is 0 Å². The van der Waals surface area contributed by atoms with Crippen LogP contribution in [0.25, 0.3) is 11.1 Å². The topological polar surface area (TPSA) is 32.9 Å². The molecule has 0 unspecified atom stereocenters. The lowest BCUT2D eigenvalue weighted by Crippen LogP contribution is -2.13. The number of aromatic amines is 1. The van der Waals surface area contributed by atoms with E-state index in [-0.39, 0.29) is 21.2 Å². The fraction of sp³-hybridized carbons (Fsp3) is 0.0833. The molecule has 0 spiro atoms. The Morgan fingerprint density at radius 2 is 1.74 bits per heavy atom. The van der Waals surface area contributed by atoms with Crippen LogP contribution in [0, 0.1) is 0 Å². The first-order valence-corrected chi connectivity index (χ1v) is 5.80. The van der Waals surface area contributed by atoms with Gasteiger partial charge >= 0.3 is 6.18 Å². The third-order valence-corrected chi connectivity index (χ3v) is 3.20. The van der Waals surface area contributed by atoms with E-state index in [1.807, 2.05) is 4.98 Å². The molecule has 0 radical (unpaired) electrons. The van der Waals surface area contributed by atoms with Gasteiger partial charge in [0.05, 0.1) is 15.6 Å². The smallest absolute Gasteiger partial charge is 0.328 e. The Hall–Kier alpha value is -1.46. The monoisotopic (exact) mass is 307 g/mol. The van der Waals surface area contributed by atoms with Crippen molar-refractivity contribution in [3.05, 3.63) is 56.4 Å². The summed E-state index contributed by atoms with van der Waals surface area (Å²) in [5.41, 5.74) is -1.64. The molecule has 0 aliphatic heterocycles. The molecule has 0 aliphatic carbocycles. The molecule has 0 amide bonds. The zero-order valence-corrected chi connectivity index (χ0v) is 10.7. The fourth-order valence-electron chi connectivity index (χ4n) is 1.61. The lowest BCUT2D eigenvalue weighted by molar-refractivity contribution is -0.137. The van der Waals surface area contributed by atoms with Crippen molar-refractivity contribution >= 4 is 23.2 Å². The number of hydrogen-bond acceptors (Lipinski definition) is 1. The lowest BCUT2D eigenvalue weighted by atomic mass is 10.0. The molecule has 1 aromatic carbocycles. The van der Waals surface area contributed by atoms with Crippen molar-refractivity contribution in [3.8, 4) is 11.1 Å². The van der Waals surface area contributed by atoms with Gasteiger partial charge in [-0.3, -0.25) is 4.79 Å². The van der Waals surface area contributed by atoms with Crippen LogP contribution in [0.3, 0.4) is 0 Å². The Bertz CT molecular complexity index is 679. The highest BCUT2D eigenvalue weighted by Crippen LogP contribution is 2.37. The van der Waals surface area contributed by atoms with Gasteiger partial charge in [-0.25, -0.2) is 0 Å². The molecule has 0 atom stereocenters. The molecule has 1 aromatic heterocycles. The molecule has 19 heavy (non-hydrogen) atoms. The number of nitrogens with one attached hydrogen (secondary N) is 1.